The monoisotopic (exact) mass is 452 g/mol. The summed E-state index contributed by atoms with van der Waals surface area (Å²) in [4.78, 5) is 68.9. The Morgan fingerprint density at radius 1 is 0.548 bits per heavy atom. The van der Waals surface area contributed by atoms with Crippen molar-refractivity contribution >= 4 is 35.8 Å². The molecule has 0 heterocycles. The van der Waals surface area contributed by atoms with Crippen LogP contribution in [0.2, 0.25) is 0 Å². The third-order valence-electron chi connectivity index (χ3n) is 3.91. The Balaban J connectivity index is 6.19. The van der Waals surface area contributed by atoms with Gasteiger partial charge in [0.2, 0.25) is 0 Å². The molecule has 0 bridgehead atoms. The van der Waals surface area contributed by atoms with Gasteiger partial charge in [0.1, 0.15) is 5.79 Å². The van der Waals surface area contributed by atoms with Crippen LogP contribution in [0.1, 0.15) is 6.42 Å². The lowest BCUT2D eigenvalue weighted by Crippen LogP contribution is -2.70. The van der Waals surface area contributed by atoms with E-state index >= 15 is 0 Å². The second-order valence-corrected chi connectivity index (χ2v) is 6.41. The number of rotatable bonds is 17. The predicted octanol–water partition coefficient (Wildman–Crippen LogP) is -3.60. The molecular formula is C15H24N4O12. The van der Waals surface area contributed by atoms with Gasteiger partial charge in [0.25, 0.3) is 0 Å². The number of hydrogen-bond acceptors (Lipinski definition) is 10. The summed E-state index contributed by atoms with van der Waals surface area (Å²) < 4.78 is 0. The van der Waals surface area contributed by atoms with Crippen molar-refractivity contribution in [3.8, 4) is 0 Å². The molecule has 16 heteroatoms. The maximum atomic E-state index is 11.2. The van der Waals surface area contributed by atoms with Crippen molar-refractivity contribution in [1.82, 2.24) is 14.7 Å². The number of carbonyl (C=O) groups is 6. The lowest BCUT2D eigenvalue weighted by molar-refractivity contribution is -0.159. The molecule has 8 N–H and O–H groups in total. The molecule has 0 rings (SSSR count). The van der Waals surface area contributed by atoms with Crippen molar-refractivity contribution in [1.29, 1.82) is 0 Å². The smallest absolute Gasteiger partial charge is 0.317 e. The third kappa shape index (κ3) is 10.8. The molecule has 0 aliphatic rings. The quantitative estimate of drug-likeness (QED) is 0.105. The Labute approximate surface area is 174 Å². The largest absolute Gasteiger partial charge is 0.480 e. The highest BCUT2D eigenvalue weighted by Crippen LogP contribution is 2.20. The van der Waals surface area contributed by atoms with E-state index in [0.717, 1.165) is 4.90 Å². The molecule has 0 aromatic heterocycles. The number of carboxylic acids is 6. The van der Waals surface area contributed by atoms with Gasteiger partial charge in [-0.1, -0.05) is 0 Å². The van der Waals surface area contributed by atoms with E-state index in [1.165, 1.54) is 0 Å². The van der Waals surface area contributed by atoms with Gasteiger partial charge in [-0.2, -0.15) is 0 Å². The summed E-state index contributed by atoms with van der Waals surface area (Å²) in [6.45, 7) is -6.16. The fourth-order valence-electron chi connectivity index (χ4n) is 2.75. The van der Waals surface area contributed by atoms with Crippen molar-refractivity contribution in [3.63, 3.8) is 0 Å². The highest BCUT2D eigenvalue weighted by atomic mass is 16.4. The van der Waals surface area contributed by atoms with E-state index < -0.39 is 93.8 Å². The molecule has 0 spiro atoms. The average molecular weight is 452 g/mol. The van der Waals surface area contributed by atoms with Gasteiger partial charge in [-0.3, -0.25) is 43.5 Å². The summed E-state index contributed by atoms with van der Waals surface area (Å²) in [5.41, 5.74) is 6.17. The minimum Gasteiger partial charge on any atom is -0.480 e. The van der Waals surface area contributed by atoms with Gasteiger partial charge in [0.05, 0.1) is 39.3 Å². The normalized spacial score (nSPS) is 11.6. The van der Waals surface area contributed by atoms with Crippen LogP contribution in [0.3, 0.4) is 0 Å². The van der Waals surface area contributed by atoms with Gasteiger partial charge >= 0.3 is 35.8 Å². The standard InChI is InChI=1S/C15H24N4O12/c16-15(18(5-11(24)25)6-12(26)27,19(7-13(28)29)8-14(30)31)1-2-17(3-9(20)21)4-10(22)23/h1-8,16H2,(H,20,21)(H,22,23)(H,24,25)(H,26,27)(H,28,29)(H,30,31). The summed E-state index contributed by atoms with van der Waals surface area (Å²) in [5.74, 6) is -11.4. The maximum Gasteiger partial charge on any atom is 0.317 e. The number of nitrogens with zero attached hydrogens (tertiary/aromatic N) is 3. The molecule has 0 fully saturated rings. The second kappa shape index (κ2) is 12.4. The van der Waals surface area contributed by atoms with Crippen LogP contribution in [0.4, 0.5) is 0 Å². The molecule has 0 unspecified atom stereocenters. The van der Waals surface area contributed by atoms with Crippen LogP contribution in [0, 0.1) is 0 Å². The first-order chi connectivity index (χ1) is 14.2. The fourth-order valence-corrected chi connectivity index (χ4v) is 2.75. The van der Waals surface area contributed by atoms with Crippen molar-refractivity contribution in [2.45, 2.75) is 12.2 Å². The Hall–Kier alpha value is -3.34. The van der Waals surface area contributed by atoms with Crippen LogP contribution in [-0.2, 0) is 28.8 Å². The molecule has 0 saturated heterocycles. The summed E-state index contributed by atoms with van der Waals surface area (Å²) >= 11 is 0. The number of carboxylic acid groups (broad SMARTS) is 6. The first kappa shape index (κ1) is 27.7. The van der Waals surface area contributed by atoms with E-state index in [2.05, 4.69) is 0 Å². The van der Waals surface area contributed by atoms with Crippen LogP contribution in [0.25, 0.3) is 0 Å². The predicted molar refractivity (Wildman–Crippen MR) is 96.9 cm³/mol. The molecule has 16 nitrogen and oxygen atoms in total. The topological polar surface area (TPSA) is 260 Å². The minimum absolute atomic E-state index is 0.472. The third-order valence-corrected chi connectivity index (χ3v) is 3.91. The summed E-state index contributed by atoms with van der Waals surface area (Å²) in [7, 11) is 0. The summed E-state index contributed by atoms with van der Waals surface area (Å²) in [5, 5.41) is 54.3. The van der Waals surface area contributed by atoms with Gasteiger partial charge in [-0.25, -0.2) is 0 Å². The van der Waals surface area contributed by atoms with E-state index in [0.29, 0.717) is 9.80 Å². The molecule has 0 aliphatic carbocycles. The van der Waals surface area contributed by atoms with E-state index in [1.54, 1.807) is 0 Å². The zero-order valence-electron chi connectivity index (χ0n) is 16.2. The van der Waals surface area contributed by atoms with Crippen LogP contribution in [0.15, 0.2) is 0 Å². The number of aliphatic carboxylic acids is 6. The SMILES string of the molecule is NC(CCN(CC(=O)O)CC(=O)O)(N(CC(=O)O)CC(=O)O)N(CC(=O)O)CC(=O)O. The van der Waals surface area contributed by atoms with E-state index in [9.17, 15) is 28.8 Å². The van der Waals surface area contributed by atoms with E-state index in [4.69, 9.17) is 36.4 Å². The molecule has 176 valence electrons. The van der Waals surface area contributed by atoms with Gasteiger partial charge in [0.15, 0.2) is 0 Å². The first-order valence-electron chi connectivity index (χ1n) is 8.49. The van der Waals surface area contributed by atoms with Crippen molar-refractivity contribution in [2.24, 2.45) is 5.73 Å². The summed E-state index contributed by atoms with van der Waals surface area (Å²) in [6, 6.07) is 0. The number of hydrogen-bond donors (Lipinski definition) is 7. The second-order valence-electron chi connectivity index (χ2n) is 6.41. The molecule has 0 amide bonds. The molecule has 0 aliphatic heterocycles. The van der Waals surface area contributed by atoms with Crippen molar-refractivity contribution in [2.75, 3.05) is 45.8 Å². The molecule has 0 atom stereocenters. The van der Waals surface area contributed by atoms with Crippen LogP contribution < -0.4 is 5.73 Å². The van der Waals surface area contributed by atoms with Gasteiger partial charge in [0, 0.05) is 13.0 Å². The van der Waals surface area contributed by atoms with E-state index in [-0.39, 0.29) is 0 Å². The van der Waals surface area contributed by atoms with Crippen LogP contribution in [-0.4, -0.2) is 133 Å². The molecule has 0 aromatic carbocycles. The number of nitrogens with two attached hydrogens (primary N) is 1. The Kier molecular flexibility index (Phi) is 11.0. The van der Waals surface area contributed by atoms with Crippen LogP contribution in [0.5, 0.6) is 0 Å². The average Bonchev–Trinajstić information content (AvgIpc) is 2.55. The maximum absolute atomic E-state index is 11.2. The highest BCUT2D eigenvalue weighted by Gasteiger charge is 2.42. The van der Waals surface area contributed by atoms with Gasteiger partial charge < -0.3 is 36.4 Å². The Morgan fingerprint density at radius 2 is 0.806 bits per heavy atom. The van der Waals surface area contributed by atoms with Crippen molar-refractivity contribution in [3.05, 3.63) is 0 Å². The zero-order valence-corrected chi connectivity index (χ0v) is 16.2. The van der Waals surface area contributed by atoms with Crippen LogP contribution >= 0.6 is 0 Å². The molecule has 31 heavy (non-hydrogen) atoms. The Morgan fingerprint density at radius 3 is 1.03 bits per heavy atom. The minimum atomic E-state index is -2.32. The summed E-state index contributed by atoms with van der Waals surface area (Å²) in [6.07, 6.45) is -0.589. The van der Waals surface area contributed by atoms with Crippen molar-refractivity contribution < 1.29 is 59.4 Å². The van der Waals surface area contributed by atoms with Gasteiger partial charge in [-0.05, 0) is 0 Å². The molecule has 0 radical (unpaired) electrons. The zero-order chi connectivity index (χ0) is 24.4. The first-order valence-corrected chi connectivity index (χ1v) is 8.49. The molecule has 0 aromatic rings. The fraction of sp³-hybridized carbons (Fsp3) is 0.600. The highest BCUT2D eigenvalue weighted by molar-refractivity contribution is 5.74. The van der Waals surface area contributed by atoms with Gasteiger partial charge in [-0.15, -0.1) is 0 Å². The lowest BCUT2D eigenvalue weighted by Gasteiger charge is -2.46. The molecular weight excluding hydrogens is 428 g/mol. The lowest BCUT2D eigenvalue weighted by atomic mass is 10.1. The van der Waals surface area contributed by atoms with E-state index in [1.807, 2.05) is 0 Å². The Bertz CT molecular complexity index is 628. The molecule has 0 saturated carbocycles.